The zero-order valence-corrected chi connectivity index (χ0v) is 18.9. The fourth-order valence-corrected chi connectivity index (χ4v) is 5.36. The van der Waals surface area contributed by atoms with E-state index in [4.69, 9.17) is 4.74 Å². The monoisotopic (exact) mass is 440 g/mol. The summed E-state index contributed by atoms with van der Waals surface area (Å²) in [7, 11) is 0. The van der Waals surface area contributed by atoms with Crippen LogP contribution >= 0.6 is 0 Å². The van der Waals surface area contributed by atoms with Gasteiger partial charge in [-0.2, -0.15) is 0 Å². The number of carbonyl (C=O) groups excluding carboxylic acids is 1. The highest BCUT2D eigenvalue weighted by atomic mass is 19.1. The van der Waals surface area contributed by atoms with Crippen molar-refractivity contribution in [3.63, 3.8) is 0 Å². The van der Waals surface area contributed by atoms with E-state index in [1.54, 1.807) is 24.3 Å². The summed E-state index contributed by atoms with van der Waals surface area (Å²) in [6, 6.07) is 11.9. The molecule has 0 radical (unpaired) electrons. The summed E-state index contributed by atoms with van der Waals surface area (Å²) in [6.07, 6.45) is 4.12. The van der Waals surface area contributed by atoms with Gasteiger partial charge in [0.1, 0.15) is 11.6 Å². The van der Waals surface area contributed by atoms with Crippen LogP contribution in [0.15, 0.2) is 60.2 Å². The first-order valence-electron chi connectivity index (χ1n) is 11.5. The number of esters is 1. The zero-order chi connectivity index (χ0) is 22.7. The highest BCUT2D eigenvalue weighted by molar-refractivity contribution is 5.70. The molecule has 3 saturated heterocycles. The summed E-state index contributed by atoms with van der Waals surface area (Å²) in [6.45, 7) is 8.63. The molecule has 2 aromatic rings. The minimum absolute atomic E-state index is 0.288. The molecule has 0 aromatic heterocycles. The van der Waals surface area contributed by atoms with Crippen molar-refractivity contribution in [2.24, 2.45) is 11.8 Å². The number of carbonyl (C=O) groups is 1. The van der Waals surface area contributed by atoms with Crippen LogP contribution in [0.3, 0.4) is 0 Å². The molecule has 0 N–H and O–H groups in total. The van der Waals surface area contributed by atoms with Crippen LogP contribution in [0.2, 0.25) is 0 Å². The predicted octanol–water partition coefficient (Wildman–Crippen LogP) is 5.81. The van der Waals surface area contributed by atoms with E-state index < -0.39 is 17.7 Å². The van der Waals surface area contributed by atoms with Crippen molar-refractivity contribution in [1.82, 2.24) is 0 Å². The van der Waals surface area contributed by atoms with Gasteiger partial charge in [0.15, 0.2) is 6.10 Å². The molecular weight excluding hydrogens is 408 g/mol. The largest absolute Gasteiger partial charge is 0.453 e. The molecule has 0 aliphatic carbocycles. The van der Waals surface area contributed by atoms with Crippen molar-refractivity contribution in [2.75, 3.05) is 26.2 Å². The minimum Gasteiger partial charge on any atom is -0.453 e. The summed E-state index contributed by atoms with van der Waals surface area (Å²) in [5, 5.41) is 0. The molecule has 0 unspecified atom stereocenters. The molecule has 0 spiro atoms. The molecule has 3 aliphatic heterocycles. The highest BCUT2D eigenvalue weighted by Gasteiger charge is 2.46. The first kappa shape index (κ1) is 22.7. The number of hydrogen-bond donors (Lipinski definition) is 0. The molecule has 0 saturated carbocycles. The van der Waals surface area contributed by atoms with Gasteiger partial charge in [0.25, 0.3) is 0 Å². The van der Waals surface area contributed by atoms with E-state index >= 15 is 0 Å². The van der Waals surface area contributed by atoms with E-state index in [0.29, 0.717) is 23.5 Å². The molecule has 5 rings (SSSR count). The molecule has 2 aromatic carbocycles. The van der Waals surface area contributed by atoms with Crippen LogP contribution in [-0.2, 0) is 9.53 Å². The van der Waals surface area contributed by atoms with Gasteiger partial charge in [0.2, 0.25) is 0 Å². The maximum absolute atomic E-state index is 13.9. The van der Waals surface area contributed by atoms with Gasteiger partial charge in [-0.3, -0.25) is 4.79 Å². The average molecular weight is 441 g/mol. The molecule has 3 fully saturated rings. The number of halogens is 2. The molecule has 3 heterocycles. The lowest BCUT2D eigenvalue weighted by atomic mass is 9.75. The first-order valence-corrected chi connectivity index (χ1v) is 11.5. The number of nitrogens with zero attached hydrogens (tertiary/aromatic N) is 1. The van der Waals surface area contributed by atoms with Gasteiger partial charge in [0, 0.05) is 18.8 Å². The van der Waals surface area contributed by atoms with Crippen molar-refractivity contribution in [1.29, 1.82) is 0 Å². The summed E-state index contributed by atoms with van der Waals surface area (Å²) in [4.78, 5) is 13.1. The second-order valence-corrected chi connectivity index (χ2v) is 9.72. The summed E-state index contributed by atoms with van der Waals surface area (Å²) >= 11 is 0. The molecular formula is C27H32F2NO2+. The van der Waals surface area contributed by atoms with E-state index in [0.717, 1.165) is 30.4 Å². The summed E-state index contributed by atoms with van der Waals surface area (Å²) < 4.78 is 34.7. The van der Waals surface area contributed by atoms with Gasteiger partial charge in [-0.15, -0.1) is 0 Å². The van der Waals surface area contributed by atoms with Crippen LogP contribution in [0.5, 0.6) is 0 Å². The van der Waals surface area contributed by atoms with Gasteiger partial charge in [-0.05, 0) is 61.2 Å². The SMILES string of the molecule is CC(C)=CC[N+]12CCC(CC1)[C@@H](CC(=O)OC(c1cccc(F)c1)c1cccc(F)c1)C2. The lowest BCUT2D eigenvalue weighted by Crippen LogP contribution is -2.62. The second-order valence-electron chi connectivity index (χ2n) is 9.72. The normalized spacial score (nSPS) is 24.4. The van der Waals surface area contributed by atoms with Crippen molar-refractivity contribution in [3.05, 3.63) is 82.9 Å². The molecule has 0 amide bonds. The Morgan fingerprint density at radius 1 is 1.06 bits per heavy atom. The third-order valence-corrected chi connectivity index (χ3v) is 7.10. The standard InChI is InChI=1S/C27H32F2NO2/c1-19(2)9-12-30-13-10-20(11-14-30)23(18-30)17-26(31)32-27(21-5-3-7-24(28)15-21)22-6-4-8-25(29)16-22/h3-9,15-16,20,23,27H,10-14,17-18H2,1-2H3/q+1/t20?,23-,30?/m0/s1. The smallest absolute Gasteiger partial charge is 0.307 e. The number of allylic oxidation sites excluding steroid dienone is 1. The van der Waals surface area contributed by atoms with Crippen LogP contribution in [0.25, 0.3) is 0 Å². The van der Waals surface area contributed by atoms with Crippen LogP contribution in [0.4, 0.5) is 8.78 Å². The Bertz CT molecular complexity index is 945. The number of benzene rings is 2. The van der Waals surface area contributed by atoms with Crippen molar-refractivity contribution >= 4 is 5.97 Å². The Kier molecular flexibility index (Phi) is 6.75. The van der Waals surface area contributed by atoms with Crippen LogP contribution in [-0.4, -0.2) is 36.6 Å². The Hall–Kier alpha value is -2.53. The highest BCUT2D eigenvalue weighted by Crippen LogP contribution is 2.40. The van der Waals surface area contributed by atoms with E-state index in [1.807, 2.05) is 0 Å². The van der Waals surface area contributed by atoms with Gasteiger partial charge in [0.05, 0.1) is 32.6 Å². The molecule has 170 valence electrons. The third kappa shape index (κ3) is 5.26. The number of piperidine rings is 3. The number of fused-ring (bicyclic) bond motifs is 3. The van der Waals surface area contributed by atoms with Gasteiger partial charge in [-0.25, -0.2) is 8.78 Å². The number of ether oxygens (including phenoxy) is 1. The van der Waals surface area contributed by atoms with Crippen LogP contribution in [0.1, 0.15) is 50.3 Å². The number of hydrogen-bond acceptors (Lipinski definition) is 2. The lowest BCUT2D eigenvalue weighted by Gasteiger charge is -2.52. The van der Waals surface area contributed by atoms with E-state index in [1.165, 1.54) is 42.9 Å². The molecule has 2 bridgehead atoms. The Labute approximate surface area is 189 Å². The van der Waals surface area contributed by atoms with Crippen molar-refractivity contribution in [2.45, 2.75) is 39.2 Å². The second kappa shape index (κ2) is 9.53. The van der Waals surface area contributed by atoms with Crippen molar-refractivity contribution < 1.29 is 22.8 Å². The Balaban J connectivity index is 1.50. The molecule has 1 atom stereocenters. The predicted molar refractivity (Wildman–Crippen MR) is 121 cm³/mol. The molecule has 5 heteroatoms. The Morgan fingerprint density at radius 3 is 2.19 bits per heavy atom. The van der Waals surface area contributed by atoms with E-state index in [9.17, 15) is 13.6 Å². The van der Waals surface area contributed by atoms with E-state index in [-0.39, 0.29) is 11.9 Å². The summed E-state index contributed by atoms with van der Waals surface area (Å²) in [5.74, 6) is -0.291. The minimum atomic E-state index is -0.830. The molecule has 3 nitrogen and oxygen atoms in total. The van der Waals surface area contributed by atoms with Crippen LogP contribution < -0.4 is 0 Å². The Morgan fingerprint density at radius 2 is 1.66 bits per heavy atom. The first-order chi connectivity index (χ1) is 15.3. The fourth-order valence-electron chi connectivity index (χ4n) is 5.36. The van der Waals surface area contributed by atoms with Crippen LogP contribution in [0, 0.1) is 23.5 Å². The fraction of sp³-hybridized carbons (Fsp3) is 0.444. The zero-order valence-electron chi connectivity index (χ0n) is 18.9. The maximum Gasteiger partial charge on any atom is 0.307 e. The van der Waals surface area contributed by atoms with Gasteiger partial charge in [-0.1, -0.05) is 29.8 Å². The third-order valence-electron chi connectivity index (χ3n) is 7.10. The molecule has 3 aliphatic rings. The average Bonchev–Trinajstić information content (AvgIpc) is 2.77. The van der Waals surface area contributed by atoms with Gasteiger partial charge < -0.3 is 9.22 Å². The quantitative estimate of drug-likeness (QED) is 0.309. The lowest BCUT2D eigenvalue weighted by molar-refractivity contribution is -0.941. The number of quaternary nitrogens is 1. The summed E-state index contributed by atoms with van der Waals surface area (Å²) in [5.41, 5.74) is 2.34. The van der Waals surface area contributed by atoms with E-state index in [2.05, 4.69) is 19.9 Å². The number of rotatable bonds is 7. The topological polar surface area (TPSA) is 26.3 Å². The van der Waals surface area contributed by atoms with Gasteiger partial charge >= 0.3 is 5.97 Å². The van der Waals surface area contributed by atoms with Crippen molar-refractivity contribution in [3.8, 4) is 0 Å². The molecule has 32 heavy (non-hydrogen) atoms. The maximum atomic E-state index is 13.9.